The van der Waals surface area contributed by atoms with Gasteiger partial charge >= 0.3 is 136 Å². The molecule has 1 aromatic heterocycles. The van der Waals surface area contributed by atoms with E-state index in [0.717, 1.165) is 22.8 Å². The van der Waals surface area contributed by atoms with Gasteiger partial charge in [0.2, 0.25) is 0 Å². The van der Waals surface area contributed by atoms with Crippen molar-refractivity contribution in [2.24, 2.45) is 0 Å². The van der Waals surface area contributed by atoms with Gasteiger partial charge < -0.3 is 0 Å². The second kappa shape index (κ2) is 5.64. The molecular formula is C16H18N2OSSe. The molecule has 0 saturated carbocycles. The molecule has 0 spiro atoms. The van der Waals surface area contributed by atoms with Crippen LogP contribution in [-0.4, -0.2) is 29.7 Å². The van der Waals surface area contributed by atoms with Crippen molar-refractivity contribution in [2.45, 2.75) is 38.2 Å². The molecule has 1 aliphatic heterocycles. The van der Waals surface area contributed by atoms with Crippen molar-refractivity contribution in [3.63, 3.8) is 0 Å². The van der Waals surface area contributed by atoms with E-state index in [1.807, 2.05) is 11.8 Å². The molecule has 0 N–H and O–H groups in total. The zero-order valence-corrected chi connectivity index (χ0v) is 15.2. The first-order valence-electron chi connectivity index (χ1n) is 6.90. The number of fused-ring (bicyclic) bond motifs is 3. The third-order valence-electron chi connectivity index (χ3n) is 3.35. The molecule has 5 heteroatoms. The first kappa shape index (κ1) is 14.9. The molecule has 1 aromatic carbocycles. The van der Waals surface area contributed by atoms with E-state index >= 15 is 0 Å². The van der Waals surface area contributed by atoms with E-state index in [1.54, 1.807) is 0 Å². The summed E-state index contributed by atoms with van der Waals surface area (Å²) in [6.07, 6.45) is 2.24. The maximum atomic E-state index is 6.21. The number of nitrogens with zero attached hydrogens (tertiary/aromatic N) is 2. The summed E-state index contributed by atoms with van der Waals surface area (Å²) in [5.74, 6) is 1.92. The van der Waals surface area contributed by atoms with Gasteiger partial charge in [0.15, 0.2) is 0 Å². The van der Waals surface area contributed by atoms with E-state index < -0.39 is 0 Å². The van der Waals surface area contributed by atoms with Crippen molar-refractivity contribution < 1.29 is 4.74 Å². The van der Waals surface area contributed by atoms with Gasteiger partial charge in [0.05, 0.1) is 0 Å². The van der Waals surface area contributed by atoms with Crippen molar-refractivity contribution in [1.29, 1.82) is 0 Å². The molecular weight excluding hydrogens is 347 g/mol. The van der Waals surface area contributed by atoms with Gasteiger partial charge in [0.25, 0.3) is 0 Å². The van der Waals surface area contributed by atoms with Crippen LogP contribution in [0.25, 0.3) is 11.3 Å². The average molecular weight is 365 g/mol. The minimum atomic E-state index is -0.297. The predicted molar refractivity (Wildman–Crippen MR) is 88.2 cm³/mol. The van der Waals surface area contributed by atoms with Gasteiger partial charge in [0, 0.05) is 0 Å². The van der Waals surface area contributed by atoms with Crippen LogP contribution < -0.4 is 4.74 Å². The Morgan fingerprint density at radius 2 is 2.19 bits per heavy atom. The van der Waals surface area contributed by atoms with Crippen molar-refractivity contribution in [1.82, 2.24) is 9.19 Å². The van der Waals surface area contributed by atoms with Crippen LogP contribution in [-0.2, 0) is 5.60 Å². The third-order valence-corrected chi connectivity index (χ3v) is 6.43. The quantitative estimate of drug-likeness (QED) is 0.470. The molecule has 0 amide bonds. The van der Waals surface area contributed by atoms with Crippen molar-refractivity contribution in [3.8, 4) is 17.0 Å². The molecule has 0 atom stereocenters. The summed E-state index contributed by atoms with van der Waals surface area (Å²) < 4.78 is 11.7. The summed E-state index contributed by atoms with van der Waals surface area (Å²) in [4.78, 5) is 1.23. The van der Waals surface area contributed by atoms with Gasteiger partial charge in [-0.25, -0.2) is 0 Å². The number of rotatable bonds is 3. The van der Waals surface area contributed by atoms with Crippen molar-refractivity contribution in [3.05, 3.63) is 34.3 Å². The number of hydrogen-bond acceptors (Lipinski definition) is 4. The van der Waals surface area contributed by atoms with Gasteiger partial charge in [-0.15, -0.1) is 0 Å². The monoisotopic (exact) mass is 366 g/mol. The predicted octanol–water partition coefficient (Wildman–Crippen LogP) is 3.89. The maximum absolute atomic E-state index is 6.21. The van der Waals surface area contributed by atoms with Gasteiger partial charge in [-0.3, -0.25) is 0 Å². The van der Waals surface area contributed by atoms with Crippen LogP contribution in [0.1, 0.15) is 32.1 Å². The molecule has 2 aromatic rings. The molecule has 0 saturated heterocycles. The SMILES string of the molecule is CC(C)=CCSc1ccc2c(c1)OC(C)(C)c1[se]nnc1-2. The number of thioether (sulfide) groups is 1. The molecule has 1 aliphatic rings. The fourth-order valence-electron chi connectivity index (χ4n) is 2.26. The molecule has 0 aliphatic carbocycles. The summed E-state index contributed by atoms with van der Waals surface area (Å²) in [5.41, 5.74) is 3.16. The third kappa shape index (κ3) is 2.96. The summed E-state index contributed by atoms with van der Waals surface area (Å²) in [6.45, 7) is 8.46. The van der Waals surface area contributed by atoms with Gasteiger partial charge in [-0.2, -0.15) is 0 Å². The zero-order chi connectivity index (χ0) is 15.0. The van der Waals surface area contributed by atoms with Gasteiger partial charge in [0.1, 0.15) is 0 Å². The Morgan fingerprint density at radius 3 is 2.95 bits per heavy atom. The second-order valence-corrected chi connectivity index (χ2v) is 8.49. The minimum absolute atomic E-state index is 0.0768. The first-order valence-corrected chi connectivity index (χ1v) is 9.50. The Balaban J connectivity index is 1.93. The number of ether oxygens (including phenoxy) is 1. The summed E-state index contributed by atoms with van der Waals surface area (Å²) in [7, 11) is 0. The van der Waals surface area contributed by atoms with Crippen molar-refractivity contribution in [2.75, 3.05) is 5.75 Å². The Hall–Kier alpha value is -1.03. The number of allylic oxidation sites excluding steroid dienone is 1. The fourth-order valence-corrected chi connectivity index (χ4v) is 4.70. The fraction of sp³-hybridized carbons (Fsp3) is 0.375. The van der Waals surface area contributed by atoms with E-state index in [2.05, 4.69) is 61.2 Å². The zero-order valence-electron chi connectivity index (χ0n) is 12.6. The standard InChI is InChI=1S/C16H18N2OSSe/c1-10(2)7-8-20-11-5-6-12-13(9-11)19-16(3,4)15-14(12)17-18-21-15/h5-7,9H,8H2,1-4H3. The van der Waals surface area contributed by atoms with Crippen LogP contribution in [0.4, 0.5) is 0 Å². The molecule has 0 radical (unpaired) electrons. The van der Waals surface area contributed by atoms with Crippen LogP contribution in [0, 0.1) is 0 Å². The normalized spacial score (nSPS) is 14.9. The summed E-state index contributed by atoms with van der Waals surface area (Å²) in [6, 6.07) is 6.39. The van der Waals surface area contributed by atoms with Crippen LogP contribution in [0.5, 0.6) is 5.75 Å². The molecule has 3 nitrogen and oxygen atoms in total. The second-order valence-electron chi connectivity index (χ2n) is 5.81. The number of hydrogen-bond donors (Lipinski definition) is 0. The van der Waals surface area contributed by atoms with E-state index in [1.165, 1.54) is 14.9 Å². The number of aromatic nitrogens is 2. The molecule has 0 fully saturated rings. The molecule has 21 heavy (non-hydrogen) atoms. The molecule has 3 rings (SSSR count). The van der Waals surface area contributed by atoms with Crippen LogP contribution >= 0.6 is 11.8 Å². The van der Waals surface area contributed by atoms with Gasteiger partial charge in [-0.05, 0) is 0 Å². The Labute approximate surface area is 135 Å². The molecule has 110 valence electrons. The van der Waals surface area contributed by atoms with Crippen molar-refractivity contribution >= 4 is 26.5 Å². The van der Waals surface area contributed by atoms with E-state index in [0.29, 0.717) is 0 Å². The molecule has 2 heterocycles. The van der Waals surface area contributed by atoms with Gasteiger partial charge in [-0.1, -0.05) is 0 Å². The number of benzene rings is 1. The van der Waals surface area contributed by atoms with E-state index in [9.17, 15) is 0 Å². The van der Waals surface area contributed by atoms with Crippen LogP contribution in [0.3, 0.4) is 0 Å². The average Bonchev–Trinajstić information content (AvgIpc) is 2.88. The topological polar surface area (TPSA) is 35.0 Å². The molecule has 0 bridgehead atoms. The molecule has 0 unspecified atom stereocenters. The van der Waals surface area contributed by atoms with Crippen LogP contribution in [0.2, 0.25) is 0 Å². The Bertz CT molecular complexity index is 702. The first-order chi connectivity index (χ1) is 9.97. The Morgan fingerprint density at radius 1 is 1.38 bits per heavy atom. The van der Waals surface area contributed by atoms with E-state index in [-0.39, 0.29) is 20.3 Å². The van der Waals surface area contributed by atoms with E-state index in [4.69, 9.17) is 4.74 Å². The Kier molecular flexibility index (Phi) is 4.00. The summed E-state index contributed by atoms with van der Waals surface area (Å²) >= 11 is 1.90. The summed E-state index contributed by atoms with van der Waals surface area (Å²) in [5, 5.41) is 4.35. The van der Waals surface area contributed by atoms with Crippen LogP contribution in [0.15, 0.2) is 34.7 Å².